The van der Waals surface area contributed by atoms with Crippen molar-refractivity contribution in [2.75, 3.05) is 12.3 Å². The maximum atomic E-state index is 13.2. The number of hydrogen-bond acceptors (Lipinski definition) is 3. The molecular formula is C10H12F2N2O3S. The average Bonchev–Trinajstić information content (AvgIpc) is 2.26. The van der Waals surface area contributed by atoms with Crippen LogP contribution in [0.2, 0.25) is 0 Å². The Hall–Kier alpha value is -1.54. The first kappa shape index (κ1) is 14.5. The summed E-state index contributed by atoms with van der Waals surface area (Å²) < 4.78 is 47.2. The van der Waals surface area contributed by atoms with Crippen molar-refractivity contribution >= 4 is 15.9 Å². The molecule has 18 heavy (non-hydrogen) atoms. The summed E-state index contributed by atoms with van der Waals surface area (Å²) in [6.45, 7) is 0.00518. The van der Waals surface area contributed by atoms with Crippen molar-refractivity contribution in [2.24, 2.45) is 5.14 Å². The first-order chi connectivity index (χ1) is 8.29. The van der Waals surface area contributed by atoms with Gasteiger partial charge in [-0.1, -0.05) is 0 Å². The van der Waals surface area contributed by atoms with Crippen molar-refractivity contribution in [1.29, 1.82) is 0 Å². The molecule has 0 saturated heterocycles. The molecule has 5 nitrogen and oxygen atoms in total. The van der Waals surface area contributed by atoms with Gasteiger partial charge in [0.25, 0.3) is 5.91 Å². The lowest BCUT2D eigenvalue weighted by molar-refractivity contribution is 0.0949. The van der Waals surface area contributed by atoms with Crippen molar-refractivity contribution in [3.05, 3.63) is 35.4 Å². The number of halogens is 2. The fourth-order valence-electron chi connectivity index (χ4n) is 1.24. The first-order valence-corrected chi connectivity index (χ1v) is 6.75. The van der Waals surface area contributed by atoms with Gasteiger partial charge in [0.1, 0.15) is 11.6 Å². The zero-order chi connectivity index (χ0) is 13.8. The van der Waals surface area contributed by atoms with Crippen LogP contribution in [0.4, 0.5) is 8.78 Å². The van der Waals surface area contributed by atoms with E-state index in [0.717, 1.165) is 18.2 Å². The van der Waals surface area contributed by atoms with E-state index in [-0.39, 0.29) is 18.7 Å². The molecule has 0 atom stereocenters. The molecule has 0 saturated carbocycles. The minimum atomic E-state index is -3.59. The Bertz CT molecular complexity index is 546. The number of amides is 1. The Labute approximate surface area is 103 Å². The van der Waals surface area contributed by atoms with E-state index < -0.39 is 33.1 Å². The van der Waals surface area contributed by atoms with Gasteiger partial charge in [0.2, 0.25) is 10.0 Å². The summed E-state index contributed by atoms with van der Waals surface area (Å²) in [5.41, 5.74) is -0.425. The highest BCUT2D eigenvalue weighted by Crippen LogP contribution is 2.09. The molecule has 0 bridgehead atoms. The minimum Gasteiger partial charge on any atom is -0.352 e. The summed E-state index contributed by atoms with van der Waals surface area (Å²) in [7, 11) is -3.59. The Kier molecular flexibility index (Phi) is 4.74. The van der Waals surface area contributed by atoms with Gasteiger partial charge >= 0.3 is 0 Å². The number of rotatable bonds is 5. The maximum Gasteiger partial charge on any atom is 0.254 e. The molecule has 1 amide bonds. The van der Waals surface area contributed by atoms with Crippen LogP contribution in [0.15, 0.2) is 18.2 Å². The lowest BCUT2D eigenvalue weighted by Gasteiger charge is -2.05. The molecule has 0 aliphatic heterocycles. The lowest BCUT2D eigenvalue weighted by atomic mass is 10.2. The minimum absolute atomic E-state index is 0.00518. The van der Waals surface area contributed by atoms with E-state index in [9.17, 15) is 22.0 Å². The monoisotopic (exact) mass is 278 g/mol. The van der Waals surface area contributed by atoms with E-state index in [1.54, 1.807) is 0 Å². The van der Waals surface area contributed by atoms with E-state index in [1.165, 1.54) is 0 Å². The molecule has 0 aliphatic rings. The molecule has 0 radical (unpaired) electrons. The Morgan fingerprint density at radius 1 is 1.33 bits per heavy atom. The fourth-order valence-corrected chi connectivity index (χ4v) is 1.79. The van der Waals surface area contributed by atoms with Crippen LogP contribution in [0.25, 0.3) is 0 Å². The third-order valence-corrected chi connectivity index (χ3v) is 2.92. The number of primary sulfonamides is 1. The van der Waals surface area contributed by atoms with Gasteiger partial charge in [-0.3, -0.25) is 4.79 Å². The standard InChI is InChI=1S/C10H12F2N2O3S/c11-7-2-3-9(12)8(6-7)10(15)14-4-1-5-18(13,16)17/h2-3,6H,1,4-5H2,(H,14,15)(H2,13,16,17). The number of sulfonamides is 1. The van der Waals surface area contributed by atoms with E-state index in [1.807, 2.05) is 0 Å². The predicted octanol–water partition coefficient (Wildman–Crippen LogP) is 0.373. The molecule has 1 aromatic carbocycles. The van der Waals surface area contributed by atoms with Gasteiger partial charge in [0.05, 0.1) is 11.3 Å². The molecule has 0 spiro atoms. The van der Waals surface area contributed by atoms with Crippen LogP contribution in [0.3, 0.4) is 0 Å². The van der Waals surface area contributed by atoms with Gasteiger partial charge in [-0.2, -0.15) is 0 Å². The number of nitrogens with one attached hydrogen (secondary N) is 1. The largest absolute Gasteiger partial charge is 0.352 e. The molecular weight excluding hydrogens is 266 g/mol. The number of carbonyl (C=O) groups excluding carboxylic acids is 1. The maximum absolute atomic E-state index is 13.2. The van der Waals surface area contributed by atoms with Crippen molar-refractivity contribution in [3.8, 4) is 0 Å². The Morgan fingerprint density at radius 2 is 2.00 bits per heavy atom. The second-order valence-electron chi connectivity index (χ2n) is 3.60. The van der Waals surface area contributed by atoms with Gasteiger partial charge < -0.3 is 5.32 Å². The summed E-state index contributed by atoms with van der Waals surface area (Å²) in [6.07, 6.45) is 0.0987. The highest BCUT2D eigenvalue weighted by molar-refractivity contribution is 7.89. The third kappa shape index (κ3) is 4.76. The van der Waals surface area contributed by atoms with Gasteiger partial charge in [-0.05, 0) is 24.6 Å². The van der Waals surface area contributed by atoms with E-state index in [4.69, 9.17) is 5.14 Å². The number of benzene rings is 1. The molecule has 100 valence electrons. The first-order valence-electron chi connectivity index (χ1n) is 5.03. The summed E-state index contributed by atoms with van der Waals surface area (Å²) in [4.78, 5) is 11.4. The molecule has 0 aliphatic carbocycles. The normalized spacial score (nSPS) is 11.3. The topological polar surface area (TPSA) is 89.3 Å². The summed E-state index contributed by atoms with van der Waals surface area (Å²) >= 11 is 0. The van der Waals surface area contributed by atoms with Crippen LogP contribution >= 0.6 is 0 Å². The van der Waals surface area contributed by atoms with Crippen LogP contribution in [0.1, 0.15) is 16.8 Å². The SMILES string of the molecule is NS(=O)(=O)CCCNC(=O)c1cc(F)ccc1F. The van der Waals surface area contributed by atoms with E-state index >= 15 is 0 Å². The molecule has 0 fully saturated rings. The van der Waals surface area contributed by atoms with Crippen molar-refractivity contribution in [2.45, 2.75) is 6.42 Å². The zero-order valence-corrected chi connectivity index (χ0v) is 10.1. The highest BCUT2D eigenvalue weighted by Gasteiger charge is 2.12. The fraction of sp³-hybridized carbons (Fsp3) is 0.300. The van der Waals surface area contributed by atoms with Crippen molar-refractivity contribution < 1.29 is 22.0 Å². The summed E-state index contributed by atoms with van der Waals surface area (Å²) in [5.74, 6) is -2.67. The van der Waals surface area contributed by atoms with Crippen molar-refractivity contribution in [3.63, 3.8) is 0 Å². The molecule has 0 aromatic heterocycles. The van der Waals surface area contributed by atoms with Crippen LogP contribution < -0.4 is 10.5 Å². The van der Waals surface area contributed by atoms with E-state index in [2.05, 4.69) is 5.32 Å². The lowest BCUT2D eigenvalue weighted by Crippen LogP contribution is -2.28. The molecule has 1 aromatic rings. The van der Waals surface area contributed by atoms with Crippen LogP contribution in [0, 0.1) is 11.6 Å². The number of carbonyl (C=O) groups is 1. The van der Waals surface area contributed by atoms with Crippen molar-refractivity contribution in [1.82, 2.24) is 5.32 Å². The molecule has 0 heterocycles. The average molecular weight is 278 g/mol. The molecule has 0 unspecified atom stereocenters. The van der Waals surface area contributed by atoms with E-state index in [0.29, 0.717) is 0 Å². The van der Waals surface area contributed by atoms with Crippen LogP contribution in [0.5, 0.6) is 0 Å². The molecule has 8 heteroatoms. The number of hydrogen-bond donors (Lipinski definition) is 2. The zero-order valence-electron chi connectivity index (χ0n) is 9.32. The Balaban J connectivity index is 2.53. The Morgan fingerprint density at radius 3 is 2.61 bits per heavy atom. The van der Waals surface area contributed by atoms with Gasteiger partial charge in [-0.25, -0.2) is 22.3 Å². The quantitative estimate of drug-likeness (QED) is 0.763. The van der Waals surface area contributed by atoms with Crippen LogP contribution in [-0.4, -0.2) is 26.6 Å². The molecule has 1 rings (SSSR count). The summed E-state index contributed by atoms with van der Waals surface area (Å²) in [6, 6.07) is 2.51. The second kappa shape index (κ2) is 5.87. The predicted molar refractivity (Wildman–Crippen MR) is 61.3 cm³/mol. The van der Waals surface area contributed by atoms with Gasteiger partial charge in [-0.15, -0.1) is 0 Å². The van der Waals surface area contributed by atoms with Crippen LogP contribution in [-0.2, 0) is 10.0 Å². The second-order valence-corrected chi connectivity index (χ2v) is 5.33. The smallest absolute Gasteiger partial charge is 0.254 e. The summed E-state index contributed by atoms with van der Waals surface area (Å²) in [5, 5.41) is 7.03. The van der Waals surface area contributed by atoms with Gasteiger partial charge in [0, 0.05) is 6.54 Å². The van der Waals surface area contributed by atoms with Gasteiger partial charge in [0.15, 0.2) is 0 Å². The number of nitrogens with two attached hydrogens (primary N) is 1. The highest BCUT2D eigenvalue weighted by atomic mass is 32.2. The molecule has 3 N–H and O–H groups in total. The third-order valence-electron chi connectivity index (χ3n) is 2.06.